The maximum atomic E-state index is 12.2. The van der Waals surface area contributed by atoms with E-state index in [9.17, 15) is 13.5 Å². The lowest BCUT2D eigenvalue weighted by Gasteiger charge is -2.33. The van der Waals surface area contributed by atoms with Gasteiger partial charge in [0.2, 0.25) is 10.0 Å². The highest BCUT2D eigenvalue weighted by Gasteiger charge is 2.31. The lowest BCUT2D eigenvalue weighted by Crippen LogP contribution is -2.43. The SMILES string of the molecule is Cc1ccc(S(=O)(=O)NCC(C)(C)C(O)C(C)C)cc1. The van der Waals surface area contributed by atoms with Crippen LogP contribution in [0.1, 0.15) is 33.3 Å². The first-order valence-corrected chi connectivity index (χ1v) is 8.29. The molecular weight excluding hydrogens is 274 g/mol. The van der Waals surface area contributed by atoms with E-state index in [4.69, 9.17) is 0 Å². The van der Waals surface area contributed by atoms with Crippen molar-refractivity contribution in [2.75, 3.05) is 6.54 Å². The Bertz CT molecular complexity index is 533. The maximum Gasteiger partial charge on any atom is 0.240 e. The van der Waals surface area contributed by atoms with Crippen molar-refractivity contribution in [3.05, 3.63) is 29.8 Å². The van der Waals surface area contributed by atoms with E-state index < -0.39 is 21.5 Å². The van der Waals surface area contributed by atoms with Crippen LogP contribution < -0.4 is 4.72 Å². The largest absolute Gasteiger partial charge is 0.392 e. The molecule has 0 saturated carbocycles. The number of hydrogen-bond donors (Lipinski definition) is 2. The summed E-state index contributed by atoms with van der Waals surface area (Å²) in [6.45, 7) is 9.65. The standard InChI is InChI=1S/C15H25NO3S/c1-11(2)14(17)15(4,5)10-16-20(18,19)13-8-6-12(3)7-9-13/h6-9,11,14,16-17H,10H2,1-5H3. The van der Waals surface area contributed by atoms with Gasteiger partial charge in [0.25, 0.3) is 0 Å². The Hall–Kier alpha value is -0.910. The second-order valence-corrected chi connectivity index (χ2v) is 8.08. The van der Waals surface area contributed by atoms with Gasteiger partial charge in [-0.1, -0.05) is 45.4 Å². The third-order valence-electron chi connectivity index (χ3n) is 3.48. The molecule has 114 valence electrons. The van der Waals surface area contributed by atoms with Crippen LogP contribution in [0.3, 0.4) is 0 Å². The fraction of sp³-hybridized carbons (Fsp3) is 0.600. The van der Waals surface area contributed by atoms with E-state index in [0.717, 1.165) is 5.56 Å². The zero-order valence-corrected chi connectivity index (χ0v) is 13.7. The normalized spacial score (nSPS) is 14.6. The summed E-state index contributed by atoms with van der Waals surface area (Å²) < 4.78 is 27.0. The Morgan fingerprint density at radius 1 is 1.20 bits per heavy atom. The summed E-state index contributed by atoms with van der Waals surface area (Å²) in [6.07, 6.45) is -0.566. The molecule has 0 aliphatic rings. The lowest BCUT2D eigenvalue weighted by atomic mass is 9.81. The quantitative estimate of drug-likeness (QED) is 0.847. The summed E-state index contributed by atoms with van der Waals surface area (Å²) in [5.41, 5.74) is 0.492. The average Bonchev–Trinajstić information content (AvgIpc) is 2.36. The summed E-state index contributed by atoms with van der Waals surface area (Å²) in [5, 5.41) is 10.1. The molecule has 20 heavy (non-hydrogen) atoms. The van der Waals surface area contributed by atoms with Gasteiger partial charge in [0.15, 0.2) is 0 Å². The molecule has 1 aromatic rings. The van der Waals surface area contributed by atoms with Gasteiger partial charge in [0.05, 0.1) is 11.0 Å². The highest BCUT2D eigenvalue weighted by Crippen LogP contribution is 2.25. The van der Waals surface area contributed by atoms with Gasteiger partial charge < -0.3 is 5.11 Å². The minimum absolute atomic E-state index is 0.0777. The van der Waals surface area contributed by atoms with Crippen LogP contribution in [0, 0.1) is 18.3 Å². The Morgan fingerprint density at radius 2 is 1.70 bits per heavy atom. The maximum absolute atomic E-state index is 12.2. The van der Waals surface area contributed by atoms with E-state index in [1.165, 1.54) is 0 Å². The molecule has 5 heteroatoms. The van der Waals surface area contributed by atoms with Gasteiger partial charge in [-0.25, -0.2) is 13.1 Å². The minimum atomic E-state index is -3.53. The fourth-order valence-electron chi connectivity index (χ4n) is 2.09. The minimum Gasteiger partial charge on any atom is -0.392 e. The molecule has 0 amide bonds. The first kappa shape index (κ1) is 17.1. The molecule has 4 nitrogen and oxygen atoms in total. The van der Waals surface area contributed by atoms with Crippen molar-refractivity contribution in [3.63, 3.8) is 0 Å². The number of benzene rings is 1. The molecule has 0 aliphatic heterocycles. The molecule has 1 unspecified atom stereocenters. The van der Waals surface area contributed by atoms with Gasteiger partial charge in [-0.3, -0.25) is 0 Å². The summed E-state index contributed by atoms with van der Waals surface area (Å²) in [7, 11) is -3.53. The van der Waals surface area contributed by atoms with Gasteiger partial charge in [0.1, 0.15) is 0 Å². The van der Waals surface area contributed by atoms with Crippen molar-refractivity contribution in [2.24, 2.45) is 11.3 Å². The molecule has 1 rings (SSSR count). The van der Waals surface area contributed by atoms with Crippen LogP contribution in [-0.4, -0.2) is 26.2 Å². The van der Waals surface area contributed by atoms with E-state index in [2.05, 4.69) is 4.72 Å². The molecule has 0 fully saturated rings. The highest BCUT2D eigenvalue weighted by atomic mass is 32.2. The van der Waals surface area contributed by atoms with Crippen LogP contribution in [0.25, 0.3) is 0 Å². The smallest absolute Gasteiger partial charge is 0.240 e. The summed E-state index contributed by atoms with van der Waals surface area (Å²) >= 11 is 0. The molecular formula is C15H25NO3S. The zero-order valence-electron chi connectivity index (χ0n) is 12.8. The van der Waals surface area contributed by atoms with Crippen molar-refractivity contribution in [3.8, 4) is 0 Å². The third kappa shape index (κ3) is 4.30. The number of rotatable bonds is 6. The van der Waals surface area contributed by atoms with Crippen LogP contribution in [0.15, 0.2) is 29.2 Å². The molecule has 0 aliphatic carbocycles. The number of aliphatic hydroxyl groups is 1. The van der Waals surface area contributed by atoms with E-state index >= 15 is 0 Å². The molecule has 0 heterocycles. The molecule has 0 bridgehead atoms. The number of aliphatic hydroxyl groups excluding tert-OH is 1. The Kier molecular flexibility index (Phi) is 5.35. The summed E-state index contributed by atoms with van der Waals surface area (Å²) in [5.74, 6) is 0.0777. The lowest BCUT2D eigenvalue weighted by molar-refractivity contribution is 0.0166. The molecule has 1 aromatic carbocycles. The van der Waals surface area contributed by atoms with Gasteiger partial charge >= 0.3 is 0 Å². The van der Waals surface area contributed by atoms with Crippen molar-refractivity contribution < 1.29 is 13.5 Å². The molecule has 1 atom stereocenters. The average molecular weight is 299 g/mol. The van der Waals surface area contributed by atoms with Crippen molar-refractivity contribution in [2.45, 2.75) is 45.6 Å². The van der Waals surface area contributed by atoms with Gasteiger partial charge in [-0.15, -0.1) is 0 Å². The van der Waals surface area contributed by atoms with E-state index in [1.807, 2.05) is 34.6 Å². The number of sulfonamides is 1. The molecule has 0 saturated heterocycles. The molecule has 0 aromatic heterocycles. The number of nitrogens with one attached hydrogen (secondary N) is 1. The molecule has 0 radical (unpaired) electrons. The molecule has 2 N–H and O–H groups in total. The Balaban J connectivity index is 2.80. The van der Waals surface area contributed by atoms with Gasteiger partial charge in [-0.2, -0.15) is 0 Å². The van der Waals surface area contributed by atoms with Crippen molar-refractivity contribution >= 4 is 10.0 Å². The number of aryl methyl sites for hydroxylation is 1. The Morgan fingerprint density at radius 3 is 2.15 bits per heavy atom. The first-order valence-electron chi connectivity index (χ1n) is 6.80. The van der Waals surface area contributed by atoms with E-state index in [0.29, 0.717) is 0 Å². The third-order valence-corrected chi connectivity index (χ3v) is 4.90. The van der Waals surface area contributed by atoms with E-state index in [-0.39, 0.29) is 17.4 Å². The predicted octanol–water partition coefficient (Wildman–Crippen LogP) is 2.32. The highest BCUT2D eigenvalue weighted by molar-refractivity contribution is 7.89. The number of hydrogen-bond acceptors (Lipinski definition) is 3. The topological polar surface area (TPSA) is 66.4 Å². The predicted molar refractivity (Wildman–Crippen MR) is 81.0 cm³/mol. The van der Waals surface area contributed by atoms with Gasteiger partial charge in [0, 0.05) is 12.0 Å². The van der Waals surface area contributed by atoms with Crippen LogP contribution in [-0.2, 0) is 10.0 Å². The summed E-state index contributed by atoms with van der Waals surface area (Å²) in [4.78, 5) is 0.248. The van der Waals surface area contributed by atoms with Crippen LogP contribution in [0.4, 0.5) is 0 Å². The monoisotopic (exact) mass is 299 g/mol. The summed E-state index contributed by atoms with van der Waals surface area (Å²) in [6, 6.07) is 6.71. The first-order chi connectivity index (χ1) is 9.06. The Labute approximate surface area is 122 Å². The second kappa shape index (κ2) is 6.24. The fourth-order valence-corrected chi connectivity index (χ4v) is 3.31. The second-order valence-electron chi connectivity index (χ2n) is 6.32. The van der Waals surface area contributed by atoms with E-state index in [1.54, 1.807) is 24.3 Å². The van der Waals surface area contributed by atoms with Crippen LogP contribution in [0.2, 0.25) is 0 Å². The van der Waals surface area contributed by atoms with Crippen molar-refractivity contribution in [1.82, 2.24) is 4.72 Å². The van der Waals surface area contributed by atoms with Crippen LogP contribution in [0.5, 0.6) is 0 Å². The zero-order chi connectivity index (χ0) is 15.6. The van der Waals surface area contributed by atoms with Crippen molar-refractivity contribution in [1.29, 1.82) is 0 Å². The van der Waals surface area contributed by atoms with Gasteiger partial charge in [-0.05, 0) is 25.0 Å². The van der Waals surface area contributed by atoms with Crippen LogP contribution >= 0.6 is 0 Å². The molecule has 0 spiro atoms.